The molecule has 2 heterocycles. The number of nitrogens with two attached hydrogens (primary N) is 1. The van der Waals surface area contributed by atoms with E-state index in [4.69, 9.17) is 22.9 Å². The minimum absolute atomic E-state index is 0.371. The highest BCUT2D eigenvalue weighted by Crippen LogP contribution is 2.32. The van der Waals surface area contributed by atoms with Gasteiger partial charge in [0.15, 0.2) is 5.13 Å². The van der Waals surface area contributed by atoms with Gasteiger partial charge in [0.25, 0.3) is 0 Å². The van der Waals surface area contributed by atoms with E-state index >= 15 is 0 Å². The van der Waals surface area contributed by atoms with Gasteiger partial charge in [-0.15, -0.1) is 0 Å². The van der Waals surface area contributed by atoms with Crippen LogP contribution >= 0.6 is 23.6 Å². The quantitative estimate of drug-likeness (QED) is 0.865. The molecule has 0 amide bonds. The second-order valence-electron chi connectivity index (χ2n) is 5.40. The van der Waals surface area contributed by atoms with Crippen molar-refractivity contribution in [3.8, 4) is 0 Å². The Bertz CT molecular complexity index is 431. The van der Waals surface area contributed by atoms with Crippen LogP contribution in [0.1, 0.15) is 50.1 Å². The number of rotatable bonds is 3. The van der Waals surface area contributed by atoms with E-state index < -0.39 is 0 Å². The Kier molecular flexibility index (Phi) is 4.22. The number of thiazole rings is 1. The van der Waals surface area contributed by atoms with E-state index in [-0.39, 0.29) is 0 Å². The van der Waals surface area contributed by atoms with Crippen molar-refractivity contribution in [3.63, 3.8) is 0 Å². The van der Waals surface area contributed by atoms with Crippen LogP contribution in [0, 0.1) is 5.92 Å². The Hall–Kier alpha value is -0.680. The molecule has 1 aromatic heterocycles. The first-order chi connectivity index (χ1) is 8.49. The molecule has 0 aliphatic carbocycles. The second kappa shape index (κ2) is 5.53. The summed E-state index contributed by atoms with van der Waals surface area (Å²) in [5.41, 5.74) is 6.86. The van der Waals surface area contributed by atoms with Crippen LogP contribution in [0.3, 0.4) is 0 Å². The van der Waals surface area contributed by atoms with Crippen molar-refractivity contribution in [2.45, 2.75) is 39.5 Å². The van der Waals surface area contributed by atoms with E-state index in [0.29, 0.717) is 10.9 Å². The lowest BCUT2D eigenvalue weighted by atomic mass is 10.00. The summed E-state index contributed by atoms with van der Waals surface area (Å²) in [5.74, 6) is 1.20. The summed E-state index contributed by atoms with van der Waals surface area (Å²) in [4.78, 5) is 8.60. The van der Waals surface area contributed by atoms with Gasteiger partial charge in [-0.1, -0.05) is 44.3 Å². The molecule has 1 saturated heterocycles. The highest BCUT2D eigenvalue weighted by atomic mass is 32.1. The zero-order valence-corrected chi connectivity index (χ0v) is 12.9. The lowest BCUT2D eigenvalue weighted by Crippen LogP contribution is -2.32. The number of hydrogen-bond donors (Lipinski definition) is 1. The predicted molar refractivity (Wildman–Crippen MR) is 82.7 cm³/mol. The number of piperidine rings is 1. The van der Waals surface area contributed by atoms with Gasteiger partial charge in [0.1, 0.15) is 4.99 Å². The van der Waals surface area contributed by atoms with Crippen molar-refractivity contribution in [1.29, 1.82) is 0 Å². The molecule has 2 N–H and O–H groups in total. The molecule has 5 heteroatoms. The SMILES string of the molecule is CC1CCN(c2nc(C(C)C)c(C(N)=S)s2)CC1. The zero-order chi connectivity index (χ0) is 13.3. The van der Waals surface area contributed by atoms with Crippen LogP contribution in [0.25, 0.3) is 0 Å². The molecular formula is C13H21N3S2. The summed E-state index contributed by atoms with van der Waals surface area (Å²) < 4.78 is 0. The Morgan fingerprint density at radius 2 is 2.06 bits per heavy atom. The first kappa shape index (κ1) is 13.7. The summed E-state index contributed by atoms with van der Waals surface area (Å²) in [7, 11) is 0. The van der Waals surface area contributed by atoms with Gasteiger partial charge in [0.05, 0.1) is 10.6 Å². The van der Waals surface area contributed by atoms with Gasteiger partial charge in [-0.25, -0.2) is 4.98 Å². The number of hydrogen-bond acceptors (Lipinski definition) is 4. The van der Waals surface area contributed by atoms with Crippen LogP contribution in [-0.2, 0) is 0 Å². The Balaban J connectivity index is 2.24. The third-order valence-electron chi connectivity index (χ3n) is 3.47. The third kappa shape index (κ3) is 2.83. The molecule has 0 bridgehead atoms. The molecule has 1 aromatic rings. The second-order valence-corrected chi connectivity index (χ2v) is 6.82. The number of thiocarbonyl (C=S) groups is 1. The molecule has 1 aliphatic heterocycles. The fourth-order valence-corrected chi connectivity index (χ4v) is 3.58. The summed E-state index contributed by atoms with van der Waals surface area (Å²) in [5, 5.41) is 1.09. The van der Waals surface area contributed by atoms with Crippen molar-refractivity contribution < 1.29 is 0 Å². The summed E-state index contributed by atoms with van der Waals surface area (Å²) in [6.07, 6.45) is 2.50. The molecule has 1 aliphatic rings. The van der Waals surface area contributed by atoms with Crippen LogP contribution in [-0.4, -0.2) is 23.1 Å². The summed E-state index contributed by atoms with van der Waals surface area (Å²) >= 11 is 6.78. The molecule has 2 rings (SSSR count). The number of anilines is 1. The Labute approximate surface area is 118 Å². The normalized spacial score (nSPS) is 17.4. The van der Waals surface area contributed by atoms with E-state index in [0.717, 1.165) is 34.7 Å². The van der Waals surface area contributed by atoms with E-state index in [9.17, 15) is 0 Å². The van der Waals surface area contributed by atoms with Gasteiger partial charge in [0.2, 0.25) is 0 Å². The van der Waals surface area contributed by atoms with Gasteiger partial charge >= 0.3 is 0 Å². The first-order valence-electron chi connectivity index (χ1n) is 6.54. The van der Waals surface area contributed by atoms with Crippen molar-refractivity contribution in [1.82, 2.24) is 4.98 Å². The average Bonchev–Trinajstić information content (AvgIpc) is 2.75. The maximum atomic E-state index is 5.80. The third-order valence-corrected chi connectivity index (χ3v) is 4.97. The van der Waals surface area contributed by atoms with Crippen LogP contribution < -0.4 is 10.6 Å². The lowest BCUT2D eigenvalue weighted by molar-refractivity contribution is 0.438. The fraction of sp³-hybridized carbons (Fsp3) is 0.692. The average molecular weight is 283 g/mol. The van der Waals surface area contributed by atoms with Crippen LogP contribution in [0.5, 0.6) is 0 Å². The van der Waals surface area contributed by atoms with Gasteiger partial charge in [-0.2, -0.15) is 0 Å². The molecule has 3 nitrogen and oxygen atoms in total. The highest BCUT2D eigenvalue weighted by molar-refractivity contribution is 7.81. The fourth-order valence-electron chi connectivity index (χ4n) is 2.22. The summed E-state index contributed by atoms with van der Waals surface area (Å²) in [6, 6.07) is 0. The molecule has 18 heavy (non-hydrogen) atoms. The summed E-state index contributed by atoms with van der Waals surface area (Å²) in [6.45, 7) is 8.79. The van der Waals surface area contributed by atoms with Crippen LogP contribution in [0.15, 0.2) is 0 Å². The maximum absolute atomic E-state index is 5.80. The van der Waals surface area contributed by atoms with Gasteiger partial charge < -0.3 is 10.6 Å². The molecule has 1 fully saturated rings. The molecule has 0 aromatic carbocycles. The molecule has 0 saturated carbocycles. The highest BCUT2D eigenvalue weighted by Gasteiger charge is 2.22. The van der Waals surface area contributed by atoms with Crippen molar-refractivity contribution in [3.05, 3.63) is 10.6 Å². The standard InChI is InChI=1S/C13H21N3S2/c1-8(2)10-11(12(14)17)18-13(15-10)16-6-4-9(3)5-7-16/h8-9H,4-7H2,1-3H3,(H2,14,17). The smallest absolute Gasteiger partial charge is 0.186 e. The number of aromatic nitrogens is 1. The van der Waals surface area contributed by atoms with Gasteiger partial charge in [-0.3, -0.25) is 0 Å². The van der Waals surface area contributed by atoms with E-state index in [2.05, 4.69) is 25.7 Å². The monoisotopic (exact) mass is 283 g/mol. The Morgan fingerprint density at radius 3 is 2.50 bits per heavy atom. The van der Waals surface area contributed by atoms with Crippen molar-refractivity contribution in [2.24, 2.45) is 11.7 Å². The van der Waals surface area contributed by atoms with E-state index in [1.807, 2.05) is 0 Å². The molecule has 0 radical (unpaired) electrons. The minimum Gasteiger partial charge on any atom is -0.389 e. The predicted octanol–water partition coefficient (Wildman–Crippen LogP) is 3.14. The number of nitrogens with zero attached hydrogens (tertiary/aromatic N) is 2. The minimum atomic E-state index is 0.371. The van der Waals surface area contributed by atoms with Gasteiger partial charge in [0, 0.05) is 13.1 Å². The molecule has 0 unspecified atom stereocenters. The zero-order valence-electron chi connectivity index (χ0n) is 11.3. The van der Waals surface area contributed by atoms with Crippen LogP contribution in [0.4, 0.5) is 5.13 Å². The van der Waals surface area contributed by atoms with Crippen molar-refractivity contribution >= 4 is 33.7 Å². The van der Waals surface area contributed by atoms with Crippen molar-refractivity contribution in [2.75, 3.05) is 18.0 Å². The molecular weight excluding hydrogens is 262 g/mol. The molecule has 0 atom stereocenters. The topological polar surface area (TPSA) is 42.2 Å². The lowest BCUT2D eigenvalue weighted by Gasteiger charge is -2.29. The van der Waals surface area contributed by atoms with E-state index in [1.54, 1.807) is 11.3 Å². The molecule has 0 spiro atoms. The van der Waals surface area contributed by atoms with Gasteiger partial charge in [-0.05, 0) is 24.7 Å². The maximum Gasteiger partial charge on any atom is 0.186 e. The van der Waals surface area contributed by atoms with Crippen LogP contribution in [0.2, 0.25) is 0 Å². The first-order valence-corrected chi connectivity index (χ1v) is 7.77. The van der Waals surface area contributed by atoms with E-state index in [1.165, 1.54) is 12.8 Å². The largest absolute Gasteiger partial charge is 0.389 e. The Morgan fingerprint density at radius 1 is 1.44 bits per heavy atom. The molecule has 100 valence electrons.